The average Bonchev–Trinajstić information content (AvgIpc) is 2.70. The molecule has 3 N–H and O–H groups in total. The molecule has 0 bridgehead atoms. The molecular formula is C20H26IN5O4. The van der Waals surface area contributed by atoms with Gasteiger partial charge in [-0.1, -0.05) is 13.8 Å². The molecule has 1 aromatic heterocycles. The van der Waals surface area contributed by atoms with Gasteiger partial charge in [-0.15, -0.1) is 0 Å². The fourth-order valence-corrected chi connectivity index (χ4v) is 3.67. The van der Waals surface area contributed by atoms with Crippen LogP contribution >= 0.6 is 22.6 Å². The number of nitrogens with zero attached hydrogens (tertiary/aromatic N) is 3. The van der Waals surface area contributed by atoms with Gasteiger partial charge in [-0.3, -0.25) is 15.0 Å². The highest BCUT2D eigenvalue weighted by atomic mass is 127. The van der Waals surface area contributed by atoms with Crippen LogP contribution in [0.4, 0.5) is 11.8 Å². The van der Waals surface area contributed by atoms with Crippen LogP contribution in [0.25, 0.3) is 0 Å². The summed E-state index contributed by atoms with van der Waals surface area (Å²) in [6, 6.07) is 3.85. The predicted octanol–water partition coefficient (Wildman–Crippen LogP) is 2.86. The maximum Gasteiger partial charge on any atom is 0.240 e. The molecule has 0 aliphatic carbocycles. The number of amides is 1. The highest BCUT2D eigenvalue weighted by Crippen LogP contribution is 2.37. The van der Waals surface area contributed by atoms with Gasteiger partial charge in [0.1, 0.15) is 11.5 Å². The fourth-order valence-electron chi connectivity index (χ4n) is 3.01. The van der Waals surface area contributed by atoms with Crippen molar-refractivity contribution in [3.8, 4) is 17.2 Å². The lowest BCUT2D eigenvalue weighted by atomic mass is 10.0. The number of halogens is 1. The van der Waals surface area contributed by atoms with Gasteiger partial charge in [0.05, 0.1) is 36.6 Å². The van der Waals surface area contributed by atoms with Crippen LogP contribution in [0.5, 0.6) is 17.2 Å². The van der Waals surface area contributed by atoms with Gasteiger partial charge >= 0.3 is 0 Å². The number of hydrogen-bond donors (Lipinski definition) is 2. The molecule has 2 heterocycles. The maximum atomic E-state index is 12.2. The van der Waals surface area contributed by atoms with Crippen LogP contribution in [-0.4, -0.2) is 60.7 Å². The topological polar surface area (TPSA) is 112 Å². The first-order chi connectivity index (χ1) is 14.4. The third-order valence-electron chi connectivity index (χ3n) is 4.63. The molecule has 1 aliphatic rings. The number of benzene rings is 1. The first-order valence-corrected chi connectivity index (χ1v) is 10.7. The SMILES string of the molecule is COc1cc(C(C)C)c(Oc2cnc(NC(=O)CN3CCOCC3)nc2N)cc1I. The lowest BCUT2D eigenvalue weighted by Crippen LogP contribution is -2.41. The van der Waals surface area contributed by atoms with E-state index in [2.05, 4.69) is 51.7 Å². The van der Waals surface area contributed by atoms with Gasteiger partial charge in [-0.25, -0.2) is 4.98 Å². The summed E-state index contributed by atoms with van der Waals surface area (Å²) in [5.74, 6) is 2.08. The number of nitrogens with one attached hydrogen (secondary N) is 1. The second-order valence-corrected chi connectivity index (χ2v) is 8.32. The monoisotopic (exact) mass is 527 g/mol. The maximum absolute atomic E-state index is 12.2. The van der Waals surface area contributed by atoms with Crippen molar-refractivity contribution in [1.82, 2.24) is 14.9 Å². The lowest BCUT2D eigenvalue weighted by molar-refractivity contribution is -0.118. The third-order valence-corrected chi connectivity index (χ3v) is 5.47. The number of morpholine rings is 1. The minimum atomic E-state index is -0.197. The molecule has 1 fully saturated rings. The standard InChI is InChI=1S/C20H26IN5O4/c1-12(2)13-8-16(28-3)14(21)9-15(13)30-17-10-23-20(25-19(17)22)24-18(27)11-26-4-6-29-7-5-26/h8-10,12H,4-7,11H2,1-3H3,(H3,22,23,24,25,27). The van der Waals surface area contributed by atoms with Crippen molar-refractivity contribution in [2.24, 2.45) is 0 Å². The Morgan fingerprint density at radius 2 is 2.03 bits per heavy atom. The van der Waals surface area contributed by atoms with Crippen molar-refractivity contribution in [3.63, 3.8) is 0 Å². The van der Waals surface area contributed by atoms with Crippen LogP contribution in [-0.2, 0) is 9.53 Å². The molecule has 9 nitrogen and oxygen atoms in total. The number of ether oxygens (including phenoxy) is 3. The summed E-state index contributed by atoms with van der Waals surface area (Å²) in [4.78, 5) is 22.6. The normalized spacial score (nSPS) is 14.6. The predicted molar refractivity (Wildman–Crippen MR) is 122 cm³/mol. The second-order valence-electron chi connectivity index (χ2n) is 7.16. The highest BCUT2D eigenvalue weighted by molar-refractivity contribution is 14.1. The van der Waals surface area contributed by atoms with E-state index in [9.17, 15) is 4.79 Å². The van der Waals surface area contributed by atoms with Crippen LogP contribution in [0, 0.1) is 3.57 Å². The summed E-state index contributed by atoms with van der Waals surface area (Å²) >= 11 is 2.19. The van der Waals surface area contributed by atoms with E-state index in [4.69, 9.17) is 19.9 Å². The Kier molecular flexibility index (Phi) is 7.67. The van der Waals surface area contributed by atoms with E-state index in [0.717, 1.165) is 28.0 Å². The molecule has 10 heteroatoms. The van der Waals surface area contributed by atoms with E-state index in [-0.39, 0.29) is 30.1 Å². The quantitative estimate of drug-likeness (QED) is 0.529. The first kappa shape index (κ1) is 22.5. The smallest absolute Gasteiger partial charge is 0.240 e. The molecule has 0 radical (unpaired) electrons. The molecule has 1 aromatic carbocycles. The Bertz CT molecular complexity index is 903. The number of carbonyl (C=O) groups is 1. The number of rotatable bonds is 7. The average molecular weight is 527 g/mol. The number of hydrogen-bond acceptors (Lipinski definition) is 8. The van der Waals surface area contributed by atoms with Crippen LogP contribution in [0.1, 0.15) is 25.3 Å². The lowest BCUT2D eigenvalue weighted by Gasteiger charge is -2.25. The van der Waals surface area contributed by atoms with Crippen LogP contribution < -0.4 is 20.5 Å². The number of anilines is 2. The highest BCUT2D eigenvalue weighted by Gasteiger charge is 2.18. The van der Waals surface area contributed by atoms with Gasteiger partial charge < -0.3 is 19.9 Å². The Balaban J connectivity index is 1.71. The van der Waals surface area contributed by atoms with Crippen molar-refractivity contribution < 1.29 is 19.0 Å². The van der Waals surface area contributed by atoms with Crippen molar-refractivity contribution in [1.29, 1.82) is 0 Å². The van der Waals surface area contributed by atoms with E-state index in [1.165, 1.54) is 6.20 Å². The first-order valence-electron chi connectivity index (χ1n) is 9.65. The number of methoxy groups -OCH3 is 1. The van der Waals surface area contributed by atoms with Crippen LogP contribution in [0.3, 0.4) is 0 Å². The van der Waals surface area contributed by atoms with Crippen molar-refractivity contribution in [3.05, 3.63) is 27.5 Å². The molecule has 162 valence electrons. The summed E-state index contributed by atoms with van der Waals surface area (Å²) in [6.07, 6.45) is 1.47. The van der Waals surface area contributed by atoms with Crippen molar-refractivity contribution in [2.75, 3.05) is 51.0 Å². The third kappa shape index (κ3) is 5.70. The van der Waals surface area contributed by atoms with Gasteiger partial charge in [0, 0.05) is 18.7 Å². The summed E-state index contributed by atoms with van der Waals surface area (Å²) in [6.45, 7) is 7.11. The summed E-state index contributed by atoms with van der Waals surface area (Å²) in [5.41, 5.74) is 7.05. The molecule has 1 saturated heterocycles. The van der Waals surface area contributed by atoms with Crippen molar-refractivity contribution in [2.45, 2.75) is 19.8 Å². The summed E-state index contributed by atoms with van der Waals surface area (Å²) in [5, 5.41) is 2.68. The Labute approximate surface area is 189 Å². The zero-order chi connectivity index (χ0) is 21.7. The molecule has 1 amide bonds. The van der Waals surface area contributed by atoms with Gasteiger partial charge in [-0.2, -0.15) is 4.98 Å². The number of aromatic nitrogens is 2. The molecule has 0 saturated carbocycles. The summed E-state index contributed by atoms with van der Waals surface area (Å²) < 4.78 is 17.6. The molecule has 2 aromatic rings. The molecule has 3 rings (SSSR count). The fraction of sp³-hybridized carbons (Fsp3) is 0.450. The largest absolute Gasteiger partial charge is 0.496 e. The van der Waals surface area contributed by atoms with Crippen LogP contribution in [0.2, 0.25) is 0 Å². The van der Waals surface area contributed by atoms with Gasteiger partial charge in [0.25, 0.3) is 0 Å². The van der Waals surface area contributed by atoms with Gasteiger partial charge in [0.15, 0.2) is 11.6 Å². The van der Waals surface area contributed by atoms with Crippen molar-refractivity contribution >= 4 is 40.3 Å². The Morgan fingerprint density at radius 1 is 1.30 bits per heavy atom. The minimum Gasteiger partial charge on any atom is -0.496 e. The Hall–Kier alpha value is -2.18. The Morgan fingerprint density at radius 3 is 2.67 bits per heavy atom. The van der Waals surface area contributed by atoms with E-state index >= 15 is 0 Å². The molecule has 30 heavy (non-hydrogen) atoms. The van der Waals surface area contributed by atoms with Crippen LogP contribution in [0.15, 0.2) is 18.3 Å². The van der Waals surface area contributed by atoms with E-state index in [1.807, 2.05) is 17.0 Å². The second kappa shape index (κ2) is 10.2. The van der Waals surface area contributed by atoms with E-state index < -0.39 is 0 Å². The van der Waals surface area contributed by atoms with Gasteiger partial charge in [-0.05, 0) is 40.6 Å². The zero-order valence-corrected chi connectivity index (χ0v) is 19.4. The van der Waals surface area contributed by atoms with Gasteiger partial charge in [0.2, 0.25) is 11.9 Å². The molecule has 0 atom stereocenters. The molecule has 0 unspecified atom stereocenters. The number of nitrogen functional groups attached to an aromatic ring is 1. The van der Waals surface area contributed by atoms with E-state index in [0.29, 0.717) is 24.7 Å². The minimum absolute atomic E-state index is 0.145. The molecule has 0 spiro atoms. The van der Waals surface area contributed by atoms with E-state index in [1.54, 1.807) is 7.11 Å². The zero-order valence-electron chi connectivity index (χ0n) is 17.3. The summed E-state index contributed by atoms with van der Waals surface area (Å²) in [7, 11) is 1.64. The molecular weight excluding hydrogens is 501 g/mol. The number of carbonyl (C=O) groups excluding carboxylic acids is 1. The molecule has 1 aliphatic heterocycles. The number of nitrogens with two attached hydrogens (primary N) is 1.